The summed E-state index contributed by atoms with van der Waals surface area (Å²) in [5, 5.41) is 0. The highest BCUT2D eigenvalue weighted by molar-refractivity contribution is 5.83. The minimum absolute atomic E-state index is 0.00222. The third kappa shape index (κ3) is 2.41. The number of ether oxygens (including phenoxy) is 2. The predicted molar refractivity (Wildman–Crippen MR) is 56.1 cm³/mol. The molecule has 0 aromatic heterocycles. The Bertz CT molecular complexity index is 304. The first-order valence-electron chi connectivity index (χ1n) is 5.40. The van der Waals surface area contributed by atoms with Gasteiger partial charge in [-0.25, -0.2) is 4.79 Å². The van der Waals surface area contributed by atoms with E-state index in [1.807, 2.05) is 0 Å². The molecule has 0 saturated carbocycles. The molecule has 0 bridgehead atoms. The summed E-state index contributed by atoms with van der Waals surface area (Å²) in [7, 11) is 1.60. The molecule has 15 heavy (non-hydrogen) atoms. The van der Waals surface area contributed by atoms with Gasteiger partial charge in [0.05, 0.1) is 13.2 Å². The summed E-state index contributed by atoms with van der Waals surface area (Å²) in [5.41, 5.74) is 0. The molecule has 2 atom stereocenters. The van der Waals surface area contributed by atoms with Crippen LogP contribution in [-0.2, 0) is 14.3 Å². The summed E-state index contributed by atoms with van der Waals surface area (Å²) in [6.45, 7) is 0. The van der Waals surface area contributed by atoms with Crippen molar-refractivity contribution in [2.75, 3.05) is 7.11 Å². The summed E-state index contributed by atoms with van der Waals surface area (Å²) < 4.78 is 10.5. The molecule has 0 radical (unpaired) electrons. The number of carbonyl (C=O) groups is 1. The van der Waals surface area contributed by atoms with Crippen LogP contribution >= 0.6 is 0 Å². The van der Waals surface area contributed by atoms with Gasteiger partial charge in [0.15, 0.2) is 0 Å². The Morgan fingerprint density at radius 2 is 2.33 bits per heavy atom. The molecule has 0 aromatic carbocycles. The first-order chi connectivity index (χ1) is 7.29. The highest BCUT2D eigenvalue weighted by Crippen LogP contribution is 2.30. The Labute approximate surface area is 89.8 Å². The Hall–Kier alpha value is -1.25. The molecule has 1 heterocycles. The Balaban J connectivity index is 2.02. The van der Waals surface area contributed by atoms with Crippen LogP contribution in [0.4, 0.5) is 0 Å². The monoisotopic (exact) mass is 208 g/mol. The van der Waals surface area contributed by atoms with Crippen LogP contribution < -0.4 is 0 Å². The normalized spacial score (nSPS) is 30.7. The largest absolute Gasteiger partial charge is 0.501 e. The van der Waals surface area contributed by atoms with Crippen molar-refractivity contribution in [2.45, 2.75) is 31.8 Å². The summed E-state index contributed by atoms with van der Waals surface area (Å²) >= 11 is 0. The van der Waals surface area contributed by atoms with Crippen molar-refractivity contribution in [2.24, 2.45) is 5.92 Å². The number of carbonyl (C=O) groups excluding carboxylic acids is 1. The first kappa shape index (κ1) is 10.3. The molecular weight excluding hydrogens is 192 g/mol. The van der Waals surface area contributed by atoms with E-state index < -0.39 is 0 Å². The zero-order valence-corrected chi connectivity index (χ0v) is 8.94. The minimum Gasteiger partial charge on any atom is -0.501 e. The van der Waals surface area contributed by atoms with Gasteiger partial charge in [-0.2, -0.15) is 0 Å². The number of rotatable bonds is 2. The summed E-state index contributed by atoms with van der Waals surface area (Å²) in [6.07, 6.45) is 9.73. The van der Waals surface area contributed by atoms with E-state index >= 15 is 0 Å². The highest BCUT2D eigenvalue weighted by atomic mass is 16.6. The maximum absolute atomic E-state index is 11.3. The Kier molecular flexibility index (Phi) is 3.09. The van der Waals surface area contributed by atoms with Crippen LogP contribution in [0, 0.1) is 5.92 Å². The number of hydrogen-bond acceptors (Lipinski definition) is 3. The van der Waals surface area contributed by atoms with Crippen molar-refractivity contribution in [1.82, 2.24) is 0 Å². The van der Waals surface area contributed by atoms with Gasteiger partial charge in [0.2, 0.25) is 0 Å². The lowest BCUT2D eigenvalue weighted by atomic mass is 9.87. The average molecular weight is 208 g/mol. The van der Waals surface area contributed by atoms with Crippen LogP contribution in [0.3, 0.4) is 0 Å². The van der Waals surface area contributed by atoms with Gasteiger partial charge < -0.3 is 9.47 Å². The standard InChI is InChI=1S/C12H16O3/c1-14-10-7-11(15-12(13)8-10)9-5-3-2-4-6-9/h2-3,8-9,11H,4-7H2,1H3. The van der Waals surface area contributed by atoms with E-state index in [1.165, 1.54) is 6.08 Å². The van der Waals surface area contributed by atoms with Crippen LogP contribution in [0.5, 0.6) is 0 Å². The van der Waals surface area contributed by atoms with Crippen LogP contribution in [0.15, 0.2) is 24.0 Å². The summed E-state index contributed by atoms with van der Waals surface area (Å²) in [5.74, 6) is 0.932. The third-order valence-electron chi connectivity index (χ3n) is 3.05. The predicted octanol–water partition coefficient (Wildman–Crippen LogP) is 2.19. The number of allylic oxidation sites excluding steroid dienone is 2. The van der Waals surface area contributed by atoms with Crippen LogP contribution in [0.1, 0.15) is 25.7 Å². The molecule has 1 aliphatic carbocycles. The second-order valence-electron chi connectivity index (χ2n) is 4.04. The van der Waals surface area contributed by atoms with E-state index in [9.17, 15) is 4.79 Å². The minimum atomic E-state index is -0.266. The zero-order chi connectivity index (χ0) is 10.7. The highest BCUT2D eigenvalue weighted by Gasteiger charge is 2.29. The molecule has 2 unspecified atom stereocenters. The van der Waals surface area contributed by atoms with E-state index in [1.54, 1.807) is 7.11 Å². The molecule has 0 spiro atoms. The Morgan fingerprint density at radius 3 is 3.00 bits per heavy atom. The van der Waals surface area contributed by atoms with Gasteiger partial charge in [-0.3, -0.25) is 0 Å². The summed E-state index contributed by atoms with van der Waals surface area (Å²) in [4.78, 5) is 11.3. The van der Waals surface area contributed by atoms with E-state index in [0.717, 1.165) is 31.4 Å². The fourth-order valence-electron chi connectivity index (χ4n) is 2.17. The molecule has 1 aliphatic heterocycles. The van der Waals surface area contributed by atoms with E-state index in [-0.39, 0.29) is 12.1 Å². The van der Waals surface area contributed by atoms with Crippen molar-refractivity contribution in [3.63, 3.8) is 0 Å². The van der Waals surface area contributed by atoms with Crippen molar-refractivity contribution < 1.29 is 14.3 Å². The van der Waals surface area contributed by atoms with E-state index in [0.29, 0.717) is 5.92 Å². The van der Waals surface area contributed by atoms with Crippen LogP contribution in [-0.4, -0.2) is 19.2 Å². The van der Waals surface area contributed by atoms with Crippen molar-refractivity contribution in [1.29, 1.82) is 0 Å². The smallest absolute Gasteiger partial charge is 0.334 e. The topological polar surface area (TPSA) is 35.5 Å². The molecule has 2 rings (SSSR count). The zero-order valence-electron chi connectivity index (χ0n) is 8.94. The molecule has 0 fully saturated rings. The van der Waals surface area contributed by atoms with Gasteiger partial charge in [0.25, 0.3) is 0 Å². The van der Waals surface area contributed by atoms with Gasteiger partial charge in [0, 0.05) is 12.3 Å². The fraction of sp³-hybridized carbons (Fsp3) is 0.583. The van der Waals surface area contributed by atoms with Crippen molar-refractivity contribution in [3.05, 3.63) is 24.0 Å². The quantitative estimate of drug-likeness (QED) is 0.515. The Morgan fingerprint density at radius 1 is 1.47 bits per heavy atom. The fourth-order valence-corrected chi connectivity index (χ4v) is 2.17. The van der Waals surface area contributed by atoms with E-state index in [2.05, 4.69) is 12.2 Å². The molecule has 0 saturated heterocycles. The average Bonchev–Trinajstić information content (AvgIpc) is 2.29. The van der Waals surface area contributed by atoms with Crippen LogP contribution in [0.25, 0.3) is 0 Å². The summed E-state index contributed by atoms with van der Waals surface area (Å²) in [6, 6.07) is 0. The van der Waals surface area contributed by atoms with Crippen molar-refractivity contribution >= 4 is 5.97 Å². The lowest BCUT2D eigenvalue weighted by Gasteiger charge is -2.30. The molecule has 0 N–H and O–H groups in total. The number of esters is 1. The number of cyclic esters (lactones) is 1. The maximum atomic E-state index is 11.3. The van der Waals surface area contributed by atoms with Gasteiger partial charge in [-0.15, -0.1) is 0 Å². The second-order valence-corrected chi connectivity index (χ2v) is 4.04. The molecular formula is C12H16O3. The van der Waals surface area contributed by atoms with Gasteiger partial charge in [-0.05, 0) is 19.3 Å². The number of hydrogen-bond donors (Lipinski definition) is 0. The SMILES string of the molecule is COC1=CC(=O)OC(C2CC=CCC2)C1. The molecule has 3 nitrogen and oxygen atoms in total. The van der Waals surface area contributed by atoms with Crippen molar-refractivity contribution in [3.8, 4) is 0 Å². The lowest BCUT2D eigenvalue weighted by Crippen LogP contribution is -2.31. The van der Waals surface area contributed by atoms with Crippen LogP contribution in [0.2, 0.25) is 0 Å². The maximum Gasteiger partial charge on any atom is 0.334 e. The molecule has 0 amide bonds. The first-order valence-corrected chi connectivity index (χ1v) is 5.40. The van der Waals surface area contributed by atoms with Gasteiger partial charge in [0.1, 0.15) is 11.9 Å². The second kappa shape index (κ2) is 4.51. The third-order valence-corrected chi connectivity index (χ3v) is 3.05. The molecule has 3 heteroatoms. The van der Waals surface area contributed by atoms with Gasteiger partial charge >= 0.3 is 5.97 Å². The lowest BCUT2D eigenvalue weighted by molar-refractivity contribution is -0.148. The molecule has 0 aromatic rings. The molecule has 2 aliphatic rings. The number of methoxy groups -OCH3 is 1. The van der Waals surface area contributed by atoms with E-state index in [4.69, 9.17) is 9.47 Å². The molecule has 82 valence electrons. The van der Waals surface area contributed by atoms with Gasteiger partial charge in [-0.1, -0.05) is 12.2 Å².